The smallest absolute Gasteiger partial charge is 0.333 e. The van der Waals surface area contributed by atoms with Crippen LogP contribution in [0.4, 0.5) is 0 Å². The minimum atomic E-state index is -0.613. The zero-order valence-electron chi connectivity index (χ0n) is 31.6. The summed E-state index contributed by atoms with van der Waals surface area (Å²) in [5.74, 6) is 1.76. The van der Waals surface area contributed by atoms with Crippen LogP contribution in [0.3, 0.4) is 0 Å². The molecule has 14 nitrogen and oxygen atoms in total. The highest BCUT2D eigenvalue weighted by Crippen LogP contribution is 2.39. The van der Waals surface area contributed by atoms with Crippen LogP contribution in [-0.2, 0) is 18.2 Å². The van der Waals surface area contributed by atoms with E-state index in [4.69, 9.17) is 18.9 Å². The SMILES string of the molecule is COc1cc(-c2cn(C)c(=O)c3cnccc23)c(OC)cc1CCN1CCC(OC2CCN(C(=O)c3ccc(OC)c(-n4ccc(=O)[nH]c4=O)c3)CC2)CC1. The molecule has 0 spiro atoms. The highest BCUT2D eigenvalue weighted by atomic mass is 16.5. The van der Waals surface area contributed by atoms with E-state index in [9.17, 15) is 19.2 Å². The van der Waals surface area contributed by atoms with Crippen molar-refractivity contribution >= 4 is 16.7 Å². The number of nitrogens with zero attached hydrogens (tertiary/aromatic N) is 5. The third-order valence-electron chi connectivity index (χ3n) is 10.7. The second-order valence-electron chi connectivity index (χ2n) is 14.0. The summed E-state index contributed by atoms with van der Waals surface area (Å²) in [6.07, 6.45) is 10.9. The lowest BCUT2D eigenvalue weighted by atomic mass is 9.97. The molecule has 2 saturated heterocycles. The van der Waals surface area contributed by atoms with Gasteiger partial charge >= 0.3 is 5.69 Å². The zero-order valence-corrected chi connectivity index (χ0v) is 31.6. The summed E-state index contributed by atoms with van der Waals surface area (Å²) in [7, 11) is 6.56. The van der Waals surface area contributed by atoms with Gasteiger partial charge in [-0.05, 0) is 79.5 Å². The van der Waals surface area contributed by atoms with Crippen molar-refractivity contribution in [2.75, 3.05) is 54.1 Å². The van der Waals surface area contributed by atoms with Gasteiger partial charge in [0.05, 0.1) is 44.6 Å². The van der Waals surface area contributed by atoms with Gasteiger partial charge in [0.2, 0.25) is 0 Å². The minimum Gasteiger partial charge on any atom is -0.496 e. The number of pyridine rings is 2. The number of carbonyl (C=O) groups is 1. The van der Waals surface area contributed by atoms with Crippen molar-refractivity contribution in [1.82, 2.24) is 28.9 Å². The van der Waals surface area contributed by atoms with E-state index in [2.05, 4.69) is 14.9 Å². The minimum absolute atomic E-state index is 0.0856. The molecule has 0 aliphatic carbocycles. The lowest BCUT2D eigenvalue weighted by Crippen LogP contribution is -2.44. The Hall–Kier alpha value is -5.73. The average molecular weight is 751 g/mol. The van der Waals surface area contributed by atoms with Gasteiger partial charge in [-0.2, -0.15) is 0 Å². The van der Waals surface area contributed by atoms with Crippen LogP contribution in [0.2, 0.25) is 0 Å². The van der Waals surface area contributed by atoms with Crippen molar-refractivity contribution < 1.29 is 23.7 Å². The number of piperidine rings is 2. The number of hydrogen-bond donors (Lipinski definition) is 1. The monoisotopic (exact) mass is 750 g/mol. The Kier molecular flexibility index (Phi) is 11.2. The van der Waals surface area contributed by atoms with Crippen molar-refractivity contribution in [2.24, 2.45) is 7.05 Å². The van der Waals surface area contributed by atoms with E-state index in [0.717, 1.165) is 79.6 Å². The molecule has 0 unspecified atom stereocenters. The molecule has 7 rings (SSSR count). The standard InChI is InChI=1S/C41H46N6O8/c1-44-25-33(30-7-14-42-24-32(30)40(44)50)31-23-36(53-3)26(22-37(31)54-4)8-15-45-16-9-28(10-17-45)55-29-11-18-46(19-12-29)39(49)27-5-6-35(52-2)34(21-27)47-20-13-38(48)43-41(47)51/h5-7,13-14,20-25,28-29H,8-12,15-19H2,1-4H3,(H,43,48,51). The highest BCUT2D eigenvalue weighted by molar-refractivity contribution is 5.97. The molecular formula is C41H46N6O8. The first-order valence-corrected chi connectivity index (χ1v) is 18.5. The fourth-order valence-electron chi connectivity index (χ4n) is 7.71. The van der Waals surface area contributed by atoms with Gasteiger partial charge in [-0.1, -0.05) is 0 Å². The van der Waals surface area contributed by atoms with Crippen LogP contribution in [0, 0.1) is 0 Å². The molecule has 2 aliphatic heterocycles. The number of likely N-dealkylation sites (tertiary alicyclic amines) is 2. The molecule has 5 heterocycles. The van der Waals surface area contributed by atoms with Gasteiger partial charge < -0.3 is 33.3 Å². The Balaban J connectivity index is 0.922. The van der Waals surface area contributed by atoms with Crippen LogP contribution in [-0.4, -0.2) is 101 Å². The summed E-state index contributed by atoms with van der Waals surface area (Å²) >= 11 is 0. The van der Waals surface area contributed by atoms with Crippen LogP contribution in [0.15, 0.2) is 81.6 Å². The lowest BCUT2D eigenvalue weighted by Gasteiger charge is -2.37. The molecular weight excluding hydrogens is 704 g/mol. The van der Waals surface area contributed by atoms with Gasteiger partial charge in [-0.3, -0.25) is 28.9 Å². The van der Waals surface area contributed by atoms with Crippen molar-refractivity contribution in [3.05, 3.63) is 110 Å². The summed E-state index contributed by atoms with van der Waals surface area (Å²) in [4.78, 5) is 61.0. The predicted octanol–water partition coefficient (Wildman–Crippen LogP) is 3.79. The van der Waals surface area contributed by atoms with E-state index in [0.29, 0.717) is 41.2 Å². The zero-order chi connectivity index (χ0) is 38.6. The number of amides is 1. The van der Waals surface area contributed by atoms with E-state index in [1.165, 1.54) is 23.9 Å². The molecule has 2 aliphatic rings. The number of aromatic amines is 1. The average Bonchev–Trinajstić information content (AvgIpc) is 3.21. The van der Waals surface area contributed by atoms with Crippen LogP contribution < -0.4 is 31.0 Å². The predicted molar refractivity (Wildman–Crippen MR) is 208 cm³/mol. The topological polar surface area (TPSA) is 150 Å². The Labute approximate surface area is 317 Å². The summed E-state index contributed by atoms with van der Waals surface area (Å²) in [6, 6.07) is 12.1. The third-order valence-corrected chi connectivity index (χ3v) is 10.7. The van der Waals surface area contributed by atoms with E-state index >= 15 is 0 Å². The quantitative estimate of drug-likeness (QED) is 0.211. The molecule has 55 heavy (non-hydrogen) atoms. The molecule has 3 aromatic heterocycles. The van der Waals surface area contributed by atoms with Crippen molar-refractivity contribution in [3.63, 3.8) is 0 Å². The molecule has 2 fully saturated rings. The molecule has 5 aromatic rings. The summed E-state index contributed by atoms with van der Waals surface area (Å²) < 4.78 is 26.6. The number of aromatic nitrogens is 4. The van der Waals surface area contributed by atoms with Crippen LogP contribution in [0.1, 0.15) is 41.6 Å². The van der Waals surface area contributed by atoms with Crippen molar-refractivity contribution in [2.45, 2.75) is 44.3 Å². The van der Waals surface area contributed by atoms with E-state index < -0.39 is 11.2 Å². The Morgan fingerprint density at radius 2 is 1.53 bits per heavy atom. The number of aryl methyl sites for hydroxylation is 1. The van der Waals surface area contributed by atoms with E-state index in [1.807, 2.05) is 29.3 Å². The maximum atomic E-state index is 13.5. The molecule has 288 valence electrons. The number of rotatable bonds is 11. The first-order valence-electron chi connectivity index (χ1n) is 18.5. The molecule has 2 aromatic carbocycles. The van der Waals surface area contributed by atoms with Crippen molar-refractivity contribution in [3.8, 4) is 34.1 Å². The largest absolute Gasteiger partial charge is 0.496 e. The number of hydrogen-bond acceptors (Lipinski definition) is 10. The number of fused-ring (bicyclic) bond motifs is 1. The molecule has 1 amide bonds. The van der Waals surface area contributed by atoms with E-state index in [1.54, 1.807) is 56.4 Å². The fourth-order valence-corrected chi connectivity index (χ4v) is 7.71. The molecule has 0 radical (unpaired) electrons. The van der Waals surface area contributed by atoms with Crippen LogP contribution >= 0.6 is 0 Å². The number of nitrogens with one attached hydrogen (secondary N) is 1. The van der Waals surface area contributed by atoms with Crippen LogP contribution in [0.25, 0.3) is 27.6 Å². The second kappa shape index (κ2) is 16.3. The third kappa shape index (κ3) is 7.91. The number of methoxy groups -OCH3 is 3. The van der Waals surface area contributed by atoms with Gasteiger partial charge in [0, 0.05) is 87.3 Å². The summed E-state index contributed by atoms with van der Waals surface area (Å²) in [5, 5.41) is 1.35. The second-order valence-corrected chi connectivity index (χ2v) is 14.0. The van der Waals surface area contributed by atoms with Gasteiger partial charge in [0.15, 0.2) is 0 Å². The summed E-state index contributed by atoms with van der Waals surface area (Å²) in [6.45, 7) is 3.86. The van der Waals surface area contributed by atoms with Gasteiger partial charge in [-0.15, -0.1) is 0 Å². The maximum Gasteiger partial charge on any atom is 0.333 e. The Morgan fingerprint density at radius 1 is 0.818 bits per heavy atom. The molecule has 0 atom stereocenters. The number of carbonyl (C=O) groups excluding carboxylic acids is 1. The Morgan fingerprint density at radius 3 is 2.22 bits per heavy atom. The maximum absolute atomic E-state index is 13.5. The number of benzene rings is 2. The highest BCUT2D eigenvalue weighted by Gasteiger charge is 2.29. The first kappa shape index (κ1) is 37.6. The first-order chi connectivity index (χ1) is 26.7. The molecule has 14 heteroatoms. The van der Waals surface area contributed by atoms with Crippen LogP contribution in [0.5, 0.6) is 17.2 Å². The van der Waals surface area contributed by atoms with Crippen molar-refractivity contribution in [1.29, 1.82) is 0 Å². The fraction of sp³-hybridized carbons (Fsp3) is 0.390. The molecule has 1 N–H and O–H groups in total. The summed E-state index contributed by atoms with van der Waals surface area (Å²) in [5.41, 5.74) is 2.36. The number of ether oxygens (including phenoxy) is 4. The lowest BCUT2D eigenvalue weighted by molar-refractivity contribution is -0.0620. The van der Waals surface area contributed by atoms with Gasteiger partial charge in [0.25, 0.3) is 17.0 Å². The van der Waals surface area contributed by atoms with Gasteiger partial charge in [-0.25, -0.2) is 4.79 Å². The molecule has 0 saturated carbocycles. The Bertz CT molecular complexity index is 2370. The molecule has 0 bridgehead atoms. The van der Waals surface area contributed by atoms with Gasteiger partial charge in [0.1, 0.15) is 17.2 Å². The normalized spacial score (nSPS) is 15.7. The van der Waals surface area contributed by atoms with E-state index in [-0.39, 0.29) is 23.7 Å². The number of H-pyrrole nitrogens is 1.